The van der Waals surface area contributed by atoms with Crippen LogP contribution in [0.25, 0.3) is 0 Å². The first-order valence-corrected chi connectivity index (χ1v) is 5.44. The minimum atomic E-state index is -4.41. The number of rotatable bonds is 2. The lowest BCUT2D eigenvalue weighted by molar-refractivity contribution is -0.122. The van der Waals surface area contributed by atoms with Gasteiger partial charge in [0.05, 0.1) is 0 Å². The number of amides is 2. The number of nitrogens with one attached hydrogen (secondary N) is 2. The highest BCUT2D eigenvalue weighted by molar-refractivity contribution is 9.10. The largest absolute Gasteiger partial charge is 0.405 e. The molecule has 0 spiro atoms. The summed E-state index contributed by atoms with van der Waals surface area (Å²) in [6.45, 7) is 0.454. The summed E-state index contributed by atoms with van der Waals surface area (Å²) >= 11 is 3.22. The Morgan fingerprint density at radius 2 is 2.00 bits per heavy atom. The van der Waals surface area contributed by atoms with Crippen LogP contribution in [-0.4, -0.2) is 18.8 Å². The molecule has 0 saturated carbocycles. The minimum absolute atomic E-state index is 0.427. The maximum atomic E-state index is 11.8. The molecular weight excluding hydrogens is 301 g/mol. The second kappa shape index (κ2) is 5.39. The molecule has 2 N–H and O–H groups in total. The molecule has 7 heteroatoms. The summed E-state index contributed by atoms with van der Waals surface area (Å²) in [4.78, 5) is 11.1. The van der Waals surface area contributed by atoms with Crippen LogP contribution in [0.5, 0.6) is 0 Å². The summed E-state index contributed by atoms with van der Waals surface area (Å²) in [6.07, 6.45) is -4.41. The fraction of sp³-hybridized carbons (Fsp3) is 0.300. The molecule has 0 heterocycles. The predicted molar refractivity (Wildman–Crippen MR) is 62.0 cm³/mol. The van der Waals surface area contributed by atoms with Gasteiger partial charge in [0.2, 0.25) is 0 Å². The van der Waals surface area contributed by atoms with Crippen LogP contribution < -0.4 is 10.6 Å². The number of anilines is 1. The number of hydrogen-bond acceptors (Lipinski definition) is 1. The molecule has 0 aliphatic rings. The van der Waals surface area contributed by atoms with E-state index in [1.54, 1.807) is 17.4 Å². The molecular formula is C10H10BrF3N2O. The Morgan fingerprint density at radius 1 is 1.35 bits per heavy atom. The Bertz CT molecular complexity index is 400. The molecule has 0 radical (unpaired) electrons. The van der Waals surface area contributed by atoms with Gasteiger partial charge in [-0.1, -0.05) is 15.9 Å². The van der Waals surface area contributed by atoms with Crippen LogP contribution in [-0.2, 0) is 0 Å². The Balaban J connectivity index is 2.56. The highest BCUT2D eigenvalue weighted by atomic mass is 79.9. The predicted octanol–water partition coefficient (Wildman–Crippen LogP) is 3.44. The van der Waals surface area contributed by atoms with Crippen LogP contribution in [0.4, 0.5) is 23.7 Å². The minimum Gasteiger partial charge on any atom is -0.329 e. The van der Waals surface area contributed by atoms with Gasteiger partial charge in [0.25, 0.3) is 0 Å². The Morgan fingerprint density at radius 3 is 2.53 bits per heavy atom. The SMILES string of the molecule is Cc1cc(Br)cc(NC(=O)NCC(F)(F)F)c1. The van der Waals surface area contributed by atoms with Crippen molar-refractivity contribution in [1.82, 2.24) is 5.32 Å². The number of hydrogen-bond donors (Lipinski definition) is 2. The number of halogens is 4. The molecule has 0 bridgehead atoms. The zero-order valence-corrected chi connectivity index (χ0v) is 10.4. The third kappa shape index (κ3) is 5.58. The molecule has 3 nitrogen and oxygen atoms in total. The first-order valence-electron chi connectivity index (χ1n) is 4.65. The van der Waals surface area contributed by atoms with E-state index in [9.17, 15) is 18.0 Å². The monoisotopic (exact) mass is 310 g/mol. The summed E-state index contributed by atoms with van der Waals surface area (Å²) in [5.74, 6) is 0. The maximum Gasteiger partial charge on any atom is 0.405 e. The van der Waals surface area contributed by atoms with Gasteiger partial charge in [-0.15, -0.1) is 0 Å². The number of aryl methyl sites for hydroxylation is 1. The Labute approximate surface area is 105 Å². The first-order chi connectivity index (χ1) is 7.76. The molecule has 0 fully saturated rings. The summed E-state index contributed by atoms with van der Waals surface area (Å²) in [6, 6.07) is 4.18. The van der Waals surface area contributed by atoms with Crippen LogP contribution in [0.2, 0.25) is 0 Å². The molecule has 0 saturated heterocycles. The van der Waals surface area contributed by atoms with Crippen molar-refractivity contribution in [3.8, 4) is 0 Å². The average molecular weight is 311 g/mol. The van der Waals surface area contributed by atoms with Crippen molar-refractivity contribution in [1.29, 1.82) is 0 Å². The van der Waals surface area contributed by atoms with Crippen LogP contribution in [0.3, 0.4) is 0 Å². The van der Waals surface area contributed by atoms with Gasteiger partial charge in [-0.3, -0.25) is 0 Å². The van der Waals surface area contributed by atoms with Gasteiger partial charge in [-0.05, 0) is 30.7 Å². The Hall–Kier alpha value is -1.24. The lowest BCUT2D eigenvalue weighted by Gasteiger charge is -2.10. The molecule has 2 amide bonds. The third-order valence-electron chi connectivity index (χ3n) is 1.75. The van der Waals surface area contributed by atoms with Crippen molar-refractivity contribution < 1.29 is 18.0 Å². The Kier molecular flexibility index (Phi) is 4.39. The lowest BCUT2D eigenvalue weighted by atomic mass is 10.2. The van der Waals surface area contributed by atoms with Crippen molar-refractivity contribution in [2.45, 2.75) is 13.1 Å². The zero-order valence-electron chi connectivity index (χ0n) is 8.86. The van der Waals surface area contributed by atoms with E-state index in [2.05, 4.69) is 21.2 Å². The molecule has 1 rings (SSSR count). The van der Waals surface area contributed by atoms with Gasteiger partial charge in [-0.2, -0.15) is 13.2 Å². The lowest BCUT2D eigenvalue weighted by Crippen LogP contribution is -2.36. The van der Waals surface area contributed by atoms with E-state index >= 15 is 0 Å². The van der Waals surface area contributed by atoms with Crippen molar-refractivity contribution in [3.05, 3.63) is 28.2 Å². The summed E-state index contributed by atoms with van der Waals surface area (Å²) < 4.78 is 36.2. The van der Waals surface area contributed by atoms with E-state index in [4.69, 9.17) is 0 Å². The van der Waals surface area contributed by atoms with Crippen LogP contribution >= 0.6 is 15.9 Å². The molecule has 0 aliphatic carbocycles. The molecule has 17 heavy (non-hydrogen) atoms. The maximum absolute atomic E-state index is 11.8. The third-order valence-corrected chi connectivity index (χ3v) is 2.21. The normalized spacial score (nSPS) is 11.1. The van der Waals surface area contributed by atoms with E-state index in [1.165, 1.54) is 0 Å². The van der Waals surface area contributed by atoms with Gasteiger partial charge < -0.3 is 10.6 Å². The zero-order chi connectivity index (χ0) is 13.1. The highest BCUT2D eigenvalue weighted by Gasteiger charge is 2.27. The first kappa shape index (κ1) is 13.8. The van der Waals surface area contributed by atoms with Gasteiger partial charge in [0, 0.05) is 10.2 Å². The molecule has 1 aromatic carbocycles. The van der Waals surface area contributed by atoms with Gasteiger partial charge in [0.15, 0.2) is 0 Å². The number of benzene rings is 1. The molecule has 0 atom stereocenters. The second-order valence-corrected chi connectivity index (χ2v) is 4.36. The fourth-order valence-corrected chi connectivity index (χ4v) is 1.77. The standard InChI is InChI=1S/C10H10BrF3N2O/c1-6-2-7(11)4-8(3-6)16-9(17)15-5-10(12,13)14/h2-4H,5H2,1H3,(H2,15,16,17). The smallest absolute Gasteiger partial charge is 0.329 e. The molecule has 0 aromatic heterocycles. The van der Waals surface area contributed by atoms with Gasteiger partial charge >= 0.3 is 12.2 Å². The van der Waals surface area contributed by atoms with Crippen LogP contribution in [0.1, 0.15) is 5.56 Å². The van der Waals surface area contributed by atoms with Crippen molar-refractivity contribution in [3.63, 3.8) is 0 Å². The van der Waals surface area contributed by atoms with Crippen molar-refractivity contribution >= 4 is 27.6 Å². The molecule has 1 aromatic rings. The van der Waals surface area contributed by atoms with E-state index < -0.39 is 18.8 Å². The summed E-state index contributed by atoms with van der Waals surface area (Å²) in [5.41, 5.74) is 1.31. The molecule has 0 aliphatic heterocycles. The van der Waals surface area contributed by atoms with E-state index in [0.717, 1.165) is 10.0 Å². The van der Waals surface area contributed by atoms with Crippen molar-refractivity contribution in [2.24, 2.45) is 0 Å². The number of carbonyl (C=O) groups is 1. The van der Waals surface area contributed by atoms with Gasteiger partial charge in [0.1, 0.15) is 6.54 Å². The van der Waals surface area contributed by atoms with Crippen molar-refractivity contribution in [2.75, 3.05) is 11.9 Å². The van der Waals surface area contributed by atoms with E-state index in [0.29, 0.717) is 5.69 Å². The fourth-order valence-electron chi connectivity index (χ4n) is 1.16. The molecule has 0 unspecified atom stereocenters. The van der Waals surface area contributed by atoms with E-state index in [-0.39, 0.29) is 0 Å². The van der Waals surface area contributed by atoms with E-state index in [1.807, 2.05) is 13.0 Å². The number of carbonyl (C=O) groups excluding carboxylic acids is 1. The quantitative estimate of drug-likeness (QED) is 0.863. The van der Waals surface area contributed by atoms with Gasteiger partial charge in [-0.25, -0.2) is 4.79 Å². The summed E-state index contributed by atoms with van der Waals surface area (Å²) in [5, 5.41) is 4.04. The second-order valence-electron chi connectivity index (χ2n) is 3.44. The topological polar surface area (TPSA) is 41.1 Å². The average Bonchev–Trinajstić information content (AvgIpc) is 2.11. The summed E-state index contributed by atoms with van der Waals surface area (Å²) in [7, 11) is 0. The number of alkyl halides is 3. The van der Waals surface area contributed by atoms with Crippen LogP contribution in [0.15, 0.2) is 22.7 Å². The molecule has 94 valence electrons. The number of urea groups is 1. The highest BCUT2D eigenvalue weighted by Crippen LogP contribution is 2.19. The van der Waals surface area contributed by atoms with Crippen LogP contribution in [0, 0.1) is 6.92 Å².